The summed E-state index contributed by atoms with van der Waals surface area (Å²) in [5.41, 5.74) is 1.10. The molecule has 124 valence electrons. The number of halogens is 4. The van der Waals surface area contributed by atoms with E-state index in [1.807, 2.05) is 0 Å². The third-order valence-corrected chi connectivity index (χ3v) is 3.32. The van der Waals surface area contributed by atoms with Gasteiger partial charge in [0.25, 0.3) is 0 Å². The minimum absolute atomic E-state index is 0. The lowest BCUT2D eigenvalue weighted by atomic mass is 10.1. The molecule has 2 N–H and O–H groups in total. The molecule has 0 aromatic heterocycles. The Hall–Kier alpha value is -1.27. The molecular weight excluding hydrogens is 317 g/mol. The zero-order chi connectivity index (χ0) is 15.3. The van der Waals surface area contributed by atoms with Gasteiger partial charge in [0.05, 0.1) is 6.54 Å². The molecule has 1 amide bonds. The lowest BCUT2D eigenvalue weighted by Crippen LogP contribution is -2.29. The maximum atomic E-state index is 12.2. The van der Waals surface area contributed by atoms with Gasteiger partial charge in [-0.25, -0.2) is 0 Å². The Morgan fingerprint density at radius 3 is 2.64 bits per heavy atom. The average molecular weight is 337 g/mol. The van der Waals surface area contributed by atoms with E-state index in [2.05, 4.69) is 10.6 Å². The molecule has 1 aromatic rings. The van der Waals surface area contributed by atoms with E-state index in [0.717, 1.165) is 6.54 Å². The van der Waals surface area contributed by atoms with Crippen molar-refractivity contribution in [3.8, 4) is 0 Å². The molecule has 1 aromatic carbocycles. The Labute approximate surface area is 134 Å². The van der Waals surface area contributed by atoms with Crippen LogP contribution in [0.1, 0.15) is 24.8 Å². The van der Waals surface area contributed by atoms with E-state index in [-0.39, 0.29) is 31.3 Å². The molecule has 22 heavy (non-hydrogen) atoms. The number of aryl methyl sites for hydroxylation is 1. The van der Waals surface area contributed by atoms with Crippen molar-refractivity contribution in [2.24, 2.45) is 5.92 Å². The van der Waals surface area contributed by atoms with Gasteiger partial charge in [0.15, 0.2) is 0 Å². The Balaban J connectivity index is 0.00000242. The van der Waals surface area contributed by atoms with Crippen molar-refractivity contribution in [2.75, 3.05) is 18.4 Å². The molecule has 1 saturated carbocycles. The second kappa shape index (κ2) is 8.39. The van der Waals surface area contributed by atoms with Crippen LogP contribution < -0.4 is 10.6 Å². The highest BCUT2D eigenvalue weighted by Gasteiger charge is 2.26. The van der Waals surface area contributed by atoms with Crippen LogP contribution in [0, 0.1) is 5.92 Å². The number of nitrogens with one attached hydrogen (secondary N) is 2. The monoisotopic (exact) mass is 336 g/mol. The van der Waals surface area contributed by atoms with Gasteiger partial charge in [0.2, 0.25) is 5.91 Å². The van der Waals surface area contributed by atoms with Gasteiger partial charge in [-0.15, -0.1) is 12.4 Å². The first-order valence-electron chi connectivity index (χ1n) is 7.08. The Morgan fingerprint density at radius 2 is 2.00 bits per heavy atom. The van der Waals surface area contributed by atoms with Gasteiger partial charge in [0.1, 0.15) is 0 Å². The SMILES string of the molecule is Cl.O=C(CNCC1CC1)Nc1cccc(CCC(F)(F)F)c1. The number of amides is 1. The fraction of sp³-hybridized carbons (Fsp3) is 0.533. The summed E-state index contributed by atoms with van der Waals surface area (Å²) in [4.78, 5) is 11.7. The van der Waals surface area contributed by atoms with Crippen LogP contribution in [-0.2, 0) is 11.2 Å². The van der Waals surface area contributed by atoms with Crippen molar-refractivity contribution in [3.05, 3.63) is 29.8 Å². The fourth-order valence-electron chi connectivity index (χ4n) is 2.01. The molecule has 0 saturated heterocycles. The quantitative estimate of drug-likeness (QED) is 0.799. The lowest BCUT2D eigenvalue weighted by molar-refractivity contribution is -0.134. The third kappa shape index (κ3) is 7.66. The average Bonchev–Trinajstić information content (AvgIpc) is 3.20. The van der Waals surface area contributed by atoms with Crippen LogP contribution in [0.4, 0.5) is 18.9 Å². The van der Waals surface area contributed by atoms with Crippen molar-refractivity contribution in [1.29, 1.82) is 0 Å². The number of hydrogen-bond donors (Lipinski definition) is 2. The van der Waals surface area contributed by atoms with Crippen molar-refractivity contribution in [2.45, 2.75) is 31.9 Å². The van der Waals surface area contributed by atoms with Crippen molar-refractivity contribution in [1.82, 2.24) is 5.32 Å². The van der Waals surface area contributed by atoms with Crippen LogP contribution in [0.25, 0.3) is 0 Å². The van der Waals surface area contributed by atoms with Crippen LogP contribution in [0.2, 0.25) is 0 Å². The number of carbonyl (C=O) groups is 1. The van der Waals surface area contributed by atoms with Crippen LogP contribution in [0.5, 0.6) is 0 Å². The Kier molecular flexibility index (Phi) is 7.16. The van der Waals surface area contributed by atoms with Gasteiger partial charge in [-0.3, -0.25) is 4.79 Å². The minimum atomic E-state index is -4.16. The van der Waals surface area contributed by atoms with Gasteiger partial charge in [-0.1, -0.05) is 12.1 Å². The topological polar surface area (TPSA) is 41.1 Å². The van der Waals surface area contributed by atoms with Crippen molar-refractivity contribution in [3.63, 3.8) is 0 Å². The van der Waals surface area contributed by atoms with Gasteiger partial charge in [-0.2, -0.15) is 13.2 Å². The number of alkyl halides is 3. The number of benzene rings is 1. The number of carbonyl (C=O) groups excluding carboxylic acids is 1. The largest absolute Gasteiger partial charge is 0.389 e. The third-order valence-electron chi connectivity index (χ3n) is 3.32. The first-order chi connectivity index (χ1) is 9.92. The molecule has 0 spiro atoms. The zero-order valence-corrected chi connectivity index (χ0v) is 12.9. The smallest absolute Gasteiger partial charge is 0.325 e. The lowest BCUT2D eigenvalue weighted by Gasteiger charge is -2.09. The summed E-state index contributed by atoms with van der Waals surface area (Å²) < 4.78 is 36.6. The summed E-state index contributed by atoms with van der Waals surface area (Å²) in [7, 11) is 0. The van der Waals surface area contributed by atoms with Crippen LogP contribution in [0.15, 0.2) is 24.3 Å². The first kappa shape index (κ1) is 18.8. The second-order valence-electron chi connectivity index (χ2n) is 5.44. The van der Waals surface area contributed by atoms with E-state index >= 15 is 0 Å². The highest BCUT2D eigenvalue weighted by molar-refractivity contribution is 5.92. The van der Waals surface area contributed by atoms with Gasteiger partial charge in [-0.05, 0) is 49.4 Å². The van der Waals surface area contributed by atoms with Crippen LogP contribution in [0.3, 0.4) is 0 Å². The first-order valence-corrected chi connectivity index (χ1v) is 7.08. The molecule has 1 aliphatic rings. The minimum Gasteiger partial charge on any atom is -0.325 e. The maximum absolute atomic E-state index is 12.2. The number of hydrogen-bond acceptors (Lipinski definition) is 2. The number of anilines is 1. The summed E-state index contributed by atoms with van der Waals surface area (Å²) in [5, 5.41) is 5.76. The predicted molar refractivity (Wildman–Crippen MR) is 82.3 cm³/mol. The van der Waals surface area contributed by atoms with E-state index in [9.17, 15) is 18.0 Å². The van der Waals surface area contributed by atoms with Crippen molar-refractivity contribution < 1.29 is 18.0 Å². The van der Waals surface area contributed by atoms with Gasteiger partial charge >= 0.3 is 6.18 Å². The zero-order valence-electron chi connectivity index (χ0n) is 12.1. The Bertz CT molecular complexity index is 490. The highest BCUT2D eigenvalue weighted by Crippen LogP contribution is 2.27. The molecule has 0 heterocycles. The van der Waals surface area contributed by atoms with E-state index in [1.165, 1.54) is 12.8 Å². The summed E-state index contributed by atoms with van der Waals surface area (Å²) in [6.07, 6.45) is -2.65. The maximum Gasteiger partial charge on any atom is 0.389 e. The molecule has 0 radical (unpaired) electrons. The Morgan fingerprint density at radius 1 is 1.27 bits per heavy atom. The molecule has 2 rings (SSSR count). The molecule has 1 aliphatic carbocycles. The van der Waals surface area contributed by atoms with E-state index in [4.69, 9.17) is 0 Å². The van der Waals surface area contributed by atoms with E-state index in [1.54, 1.807) is 24.3 Å². The second-order valence-corrected chi connectivity index (χ2v) is 5.44. The highest BCUT2D eigenvalue weighted by atomic mass is 35.5. The molecule has 0 unspecified atom stereocenters. The number of rotatable bonds is 7. The molecule has 1 fully saturated rings. The van der Waals surface area contributed by atoms with Gasteiger partial charge < -0.3 is 10.6 Å². The molecule has 0 atom stereocenters. The van der Waals surface area contributed by atoms with Crippen LogP contribution in [-0.4, -0.2) is 25.2 Å². The van der Waals surface area contributed by atoms with Crippen molar-refractivity contribution >= 4 is 24.0 Å². The summed E-state index contributed by atoms with van der Waals surface area (Å²) in [5.74, 6) is 0.520. The summed E-state index contributed by atoms with van der Waals surface area (Å²) in [6.45, 7) is 1.07. The fourth-order valence-corrected chi connectivity index (χ4v) is 2.01. The molecule has 0 aliphatic heterocycles. The molecule has 3 nitrogen and oxygen atoms in total. The standard InChI is InChI=1S/C15H19F3N2O.ClH/c16-15(17,18)7-6-11-2-1-3-13(8-11)20-14(21)10-19-9-12-4-5-12;/h1-3,8,12,19H,4-7,9-10H2,(H,20,21);1H. The normalized spacial score (nSPS) is 14.3. The summed E-state index contributed by atoms with van der Waals surface area (Å²) in [6, 6.07) is 6.55. The molecule has 0 bridgehead atoms. The predicted octanol–water partition coefficient (Wildman–Crippen LogP) is 3.54. The molecule has 7 heteroatoms. The molecular formula is C15H20ClF3N2O. The summed E-state index contributed by atoms with van der Waals surface area (Å²) >= 11 is 0. The van der Waals surface area contributed by atoms with E-state index < -0.39 is 12.6 Å². The van der Waals surface area contributed by atoms with E-state index in [0.29, 0.717) is 17.2 Å². The van der Waals surface area contributed by atoms with Crippen LogP contribution >= 0.6 is 12.4 Å². The van der Waals surface area contributed by atoms with Gasteiger partial charge in [0, 0.05) is 12.1 Å².